The molecule has 0 aliphatic carbocycles. The highest BCUT2D eigenvalue weighted by atomic mass is 32.1. The number of thiol groups is 1. The minimum atomic E-state index is -1.51. The minimum Gasteiger partial charge on any atom is -0.480 e. The van der Waals surface area contributed by atoms with Crippen LogP contribution in [0.25, 0.3) is 0 Å². The quantitative estimate of drug-likeness (QED) is 0.234. The SMILES string of the molecule is CC(C)CC(N)C(=O)N1CCCC1C(=O)NC(CS)C(=O)NC(C(=O)O)C(C)O. The third kappa shape index (κ3) is 7.16. The molecule has 0 spiro atoms. The highest BCUT2D eigenvalue weighted by Crippen LogP contribution is 2.20. The Balaban J connectivity index is 2.79. The van der Waals surface area contributed by atoms with Crippen molar-refractivity contribution in [2.24, 2.45) is 11.7 Å². The van der Waals surface area contributed by atoms with Gasteiger partial charge >= 0.3 is 5.97 Å². The van der Waals surface area contributed by atoms with E-state index in [9.17, 15) is 24.3 Å². The van der Waals surface area contributed by atoms with E-state index < -0.39 is 48.1 Å². The summed E-state index contributed by atoms with van der Waals surface area (Å²) >= 11 is 4.05. The van der Waals surface area contributed by atoms with Gasteiger partial charge in [0.05, 0.1) is 12.1 Å². The van der Waals surface area contributed by atoms with Crippen molar-refractivity contribution in [3.05, 3.63) is 0 Å². The third-order valence-corrected chi connectivity index (χ3v) is 5.11. The number of nitrogens with two attached hydrogens (primary N) is 1. The second kappa shape index (κ2) is 11.4. The molecule has 0 aromatic carbocycles. The Morgan fingerprint density at radius 2 is 1.83 bits per heavy atom. The van der Waals surface area contributed by atoms with Crippen LogP contribution in [0, 0.1) is 5.92 Å². The standard InChI is InChI=1S/C18H32N4O6S/c1-9(2)7-11(19)17(26)22-6-4-5-13(22)16(25)20-12(8-29)15(24)21-14(10(3)23)18(27)28/h9-14,23,29H,4-8,19H2,1-3H3,(H,20,25)(H,21,24)(H,27,28). The van der Waals surface area contributed by atoms with Crippen LogP contribution in [0.4, 0.5) is 0 Å². The Bertz CT molecular complexity index is 615. The molecule has 1 fully saturated rings. The summed E-state index contributed by atoms with van der Waals surface area (Å²) < 4.78 is 0. The third-order valence-electron chi connectivity index (χ3n) is 4.74. The van der Waals surface area contributed by atoms with Gasteiger partial charge in [-0.05, 0) is 32.1 Å². The van der Waals surface area contributed by atoms with Gasteiger partial charge in [0.15, 0.2) is 6.04 Å². The van der Waals surface area contributed by atoms with Crippen LogP contribution in [0.3, 0.4) is 0 Å². The summed E-state index contributed by atoms with van der Waals surface area (Å²) in [4.78, 5) is 50.2. The Morgan fingerprint density at radius 1 is 1.21 bits per heavy atom. The molecule has 1 aliphatic rings. The molecule has 0 aromatic rings. The molecule has 1 aliphatic heterocycles. The van der Waals surface area contributed by atoms with E-state index in [4.69, 9.17) is 10.8 Å². The van der Waals surface area contributed by atoms with Crippen molar-refractivity contribution in [1.82, 2.24) is 15.5 Å². The molecule has 10 nitrogen and oxygen atoms in total. The summed E-state index contributed by atoms with van der Waals surface area (Å²) in [6.45, 7) is 5.54. The van der Waals surface area contributed by atoms with Gasteiger partial charge in [0.1, 0.15) is 12.1 Å². The number of nitrogens with zero attached hydrogens (tertiary/aromatic N) is 1. The first-order valence-electron chi connectivity index (χ1n) is 9.68. The van der Waals surface area contributed by atoms with E-state index in [0.717, 1.165) is 0 Å². The van der Waals surface area contributed by atoms with Gasteiger partial charge in [-0.15, -0.1) is 0 Å². The fourth-order valence-corrected chi connectivity index (χ4v) is 3.49. The van der Waals surface area contributed by atoms with Gasteiger partial charge in [-0.1, -0.05) is 13.8 Å². The average Bonchev–Trinajstić information content (AvgIpc) is 3.11. The number of carbonyl (C=O) groups excluding carboxylic acids is 3. The number of carbonyl (C=O) groups is 4. The fourth-order valence-electron chi connectivity index (χ4n) is 3.23. The number of amides is 3. The van der Waals surface area contributed by atoms with Crippen LogP contribution in [0.5, 0.6) is 0 Å². The smallest absolute Gasteiger partial charge is 0.328 e. The molecule has 11 heteroatoms. The summed E-state index contributed by atoms with van der Waals surface area (Å²) in [5.41, 5.74) is 5.97. The number of hydrogen-bond acceptors (Lipinski definition) is 7. The molecule has 1 saturated heterocycles. The zero-order valence-corrected chi connectivity index (χ0v) is 17.9. The molecule has 0 radical (unpaired) electrons. The van der Waals surface area contributed by atoms with Crippen molar-refractivity contribution >= 4 is 36.3 Å². The maximum atomic E-state index is 12.7. The highest BCUT2D eigenvalue weighted by molar-refractivity contribution is 7.80. The van der Waals surface area contributed by atoms with Crippen LogP contribution < -0.4 is 16.4 Å². The van der Waals surface area contributed by atoms with Crippen molar-refractivity contribution in [2.45, 2.75) is 70.3 Å². The first kappa shape index (κ1) is 25.2. The largest absolute Gasteiger partial charge is 0.480 e. The number of likely N-dealkylation sites (tertiary alicyclic amines) is 1. The van der Waals surface area contributed by atoms with E-state index in [-0.39, 0.29) is 17.6 Å². The molecule has 0 aromatic heterocycles. The summed E-state index contributed by atoms with van der Waals surface area (Å²) in [6.07, 6.45) is 0.261. The first-order valence-corrected chi connectivity index (χ1v) is 10.3. The lowest BCUT2D eigenvalue weighted by Crippen LogP contribution is -2.58. The van der Waals surface area contributed by atoms with Crippen molar-refractivity contribution in [3.63, 3.8) is 0 Å². The number of hydrogen-bond donors (Lipinski definition) is 6. The molecule has 5 atom stereocenters. The molecule has 1 heterocycles. The summed E-state index contributed by atoms with van der Waals surface area (Å²) in [7, 11) is 0. The van der Waals surface area contributed by atoms with E-state index in [1.807, 2.05) is 13.8 Å². The molecule has 0 bridgehead atoms. The summed E-state index contributed by atoms with van der Waals surface area (Å²) in [5, 5.41) is 23.3. The molecule has 29 heavy (non-hydrogen) atoms. The van der Waals surface area contributed by atoms with Crippen LogP contribution in [0.2, 0.25) is 0 Å². The van der Waals surface area contributed by atoms with E-state index in [2.05, 4.69) is 23.3 Å². The number of aliphatic hydroxyl groups is 1. The number of carboxylic acids is 1. The van der Waals surface area contributed by atoms with Gasteiger partial charge in [0.25, 0.3) is 0 Å². The second-order valence-corrected chi connectivity index (χ2v) is 8.10. The Hall–Kier alpha value is -1.85. The number of rotatable bonds is 10. The number of aliphatic hydroxyl groups excluding tert-OH is 1. The zero-order chi connectivity index (χ0) is 22.3. The highest BCUT2D eigenvalue weighted by Gasteiger charge is 2.38. The summed E-state index contributed by atoms with van der Waals surface area (Å²) in [5.74, 6) is -2.86. The Kier molecular flexibility index (Phi) is 9.87. The molecular weight excluding hydrogens is 400 g/mol. The second-order valence-electron chi connectivity index (χ2n) is 7.73. The van der Waals surface area contributed by atoms with E-state index in [1.54, 1.807) is 0 Å². The average molecular weight is 433 g/mol. The molecule has 3 amide bonds. The number of nitrogens with one attached hydrogen (secondary N) is 2. The normalized spacial score (nSPS) is 20.7. The first-order chi connectivity index (χ1) is 13.5. The molecule has 1 rings (SSSR count). The summed E-state index contributed by atoms with van der Waals surface area (Å²) in [6, 6.07) is -4.08. The van der Waals surface area contributed by atoms with Crippen LogP contribution in [-0.4, -0.2) is 81.4 Å². The van der Waals surface area contributed by atoms with Crippen LogP contribution in [0.15, 0.2) is 0 Å². The topological polar surface area (TPSA) is 162 Å². The van der Waals surface area contributed by atoms with Crippen LogP contribution in [0.1, 0.15) is 40.0 Å². The van der Waals surface area contributed by atoms with Crippen molar-refractivity contribution in [1.29, 1.82) is 0 Å². The maximum absolute atomic E-state index is 12.7. The van der Waals surface area contributed by atoms with E-state index in [1.165, 1.54) is 11.8 Å². The van der Waals surface area contributed by atoms with Crippen LogP contribution >= 0.6 is 12.6 Å². The van der Waals surface area contributed by atoms with E-state index in [0.29, 0.717) is 25.8 Å². The van der Waals surface area contributed by atoms with Gasteiger partial charge in [0, 0.05) is 12.3 Å². The van der Waals surface area contributed by atoms with Crippen LogP contribution in [-0.2, 0) is 19.2 Å². The zero-order valence-electron chi connectivity index (χ0n) is 17.0. The lowest BCUT2D eigenvalue weighted by atomic mass is 10.0. The number of aliphatic carboxylic acids is 1. The minimum absolute atomic E-state index is 0.0861. The van der Waals surface area contributed by atoms with Gasteiger partial charge in [-0.2, -0.15) is 12.6 Å². The van der Waals surface area contributed by atoms with Gasteiger partial charge in [0.2, 0.25) is 17.7 Å². The molecule has 166 valence electrons. The fraction of sp³-hybridized carbons (Fsp3) is 0.778. The lowest BCUT2D eigenvalue weighted by molar-refractivity contribution is -0.145. The Labute approximate surface area is 176 Å². The Morgan fingerprint density at radius 3 is 2.31 bits per heavy atom. The van der Waals surface area contributed by atoms with E-state index >= 15 is 0 Å². The molecule has 0 saturated carbocycles. The molecular formula is C18H32N4O6S. The maximum Gasteiger partial charge on any atom is 0.328 e. The lowest BCUT2D eigenvalue weighted by Gasteiger charge is -2.29. The van der Waals surface area contributed by atoms with Gasteiger partial charge in [-0.3, -0.25) is 14.4 Å². The van der Waals surface area contributed by atoms with Crippen molar-refractivity contribution in [3.8, 4) is 0 Å². The predicted molar refractivity (Wildman–Crippen MR) is 109 cm³/mol. The number of carboxylic acid groups (broad SMARTS) is 1. The molecule has 6 N–H and O–H groups in total. The van der Waals surface area contributed by atoms with Gasteiger partial charge < -0.3 is 31.5 Å². The van der Waals surface area contributed by atoms with Crippen molar-refractivity contribution in [2.75, 3.05) is 12.3 Å². The molecule has 5 unspecified atom stereocenters. The predicted octanol–water partition coefficient (Wildman–Crippen LogP) is -1.28. The van der Waals surface area contributed by atoms with Crippen molar-refractivity contribution < 1.29 is 29.4 Å². The monoisotopic (exact) mass is 432 g/mol. The van der Waals surface area contributed by atoms with Gasteiger partial charge in [-0.25, -0.2) is 4.79 Å².